The second kappa shape index (κ2) is 7.48. The average molecular weight is 269 g/mol. The Balaban J connectivity index is 2.11. The van der Waals surface area contributed by atoms with Gasteiger partial charge in [-0.05, 0) is 25.7 Å². The zero-order chi connectivity index (χ0) is 11.9. The van der Waals surface area contributed by atoms with Gasteiger partial charge in [0.1, 0.15) is 0 Å². The Bertz CT molecular complexity index is 277. The van der Waals surface area contributed by atoms with Crippen LogP contribution in [0.5, 0.6) is 0 Å². The van der Waals surface area contributed by atoms with Gasteiger partial charge in [-0.25, -0.2) is 4.72 Å². The van der Waals surface area contributed by atoms with Crippen LogP contribution < -0.4 is 4.72 Å². The summed E-state index contributed by atoms with van der Waals surface area (Å²) in [5.41, 5.74) is 0. The Morgan fingerprint density at radius 3 is 2.31 bits per heavy atom. The number of nitrogens with one attached hydrogen (secondary N) is 1. The minimum Gasteiger partial charge on any atom is -0.202 e. The molecule has 1 fully saturated rings. The van der Waals surface area contributed by atoms with E-state index in [1.807, 2.05) is 0 Å². The normalized spacial score (nSPS) is 18.1. The highest BCUT2D eigenvalue weighted by Crippen LogP contribution is 2.11. The third kappa shape index (κ3) is 4.99. The Morgan fingerprint density at radius 2 is 1.69 bits per heavy atom. The molecule has 0 spiro atoms. The largest absolute Gasteiger partial charge is 0.279 e. The number of halogens is 1. The molecule has 0 atom stereocenters. The number of alkyl halides is 1. The van der Waals surface area contributed by atoms with Crippen molar-refractivity contribution >= 4 is 21.8 Å². The quantitative estimate of drug-likeness (QED) is 0.538. The molecule has 0 aromatic heterocycles. The van der Waals surface area contributed by atoms with Gasteiger partial charge in [-0.3, -0.25) is 0 Å². The zero-order valence-electron chi connectivity index (χ0n) is 9.62. The van der Waals surface area contributed by atoms with Gasteiger partial charge in [0, 0.05) is 25.5 Å². The molecule has 0 aromatic carbocycles. The maximum absolute atomic E-state index is 11.7. The van der Waals surface area contributed by atoms with Gasteiger partial charge in [0.15, 0.2) is 0 Å². The van der Waals surface area contributed by atoms with Crippen molar-refractivity contribution in [3.63, 3.8) is 0 Å². The van der Waals surface area contributed by atoms with Gasteiger partial charge >= 0.3 is 0 Å². The van der Waals surface area contributed by atoms with Crippen molar-refractivity contribution in [3.05, 3.63) is 0 Å². The topological polar surface area (TPSA) is 49.4 Å². The van der Waals surface area contributed by atoms with Crippen LogP contribution >= 0.6 is 11.6 Å². The lowest BCUT2D eigenvalue weighted by atomic mass is 10.2. The SMILES string of the molecule is O=S(=O)(NCCCCCCCl)N1CCCC1. The van der Waals surface area contributed by atoms with Crippen molar-refractivity contribution in [1.82, 2.24) is 9.03 Å². The van der Waals surface area contributed by atoms with Crippen LogP contribution in [0.15, 0.2) is 0 Å². The van der Waals surface area contributed by atoms with Crippen LogP contribution in [-0.2, 0) is 10.2 Å². The first-order valence-electron chi connectivity index (χ1n) is 5.97. The summed E-state index contributed by atoms with van der Waals surface area (Å²) in [6.45, 7) is 1.88. The van der Waals surface area contributed by atoms with Gasteiger partial charge in [0.25, 0.3) is 10.2 Å². The van der Waals surface area contributed by atoms with E-state index in [-0.39, 0.29) is 0 Å². The minimum atomic E-state index is -3.20. The molecule has 1 saturated heterocycles. The molecule has 1 aliphatic rings. The van der Waals surface area contributed by atoms with Gasteiger partial charge in [-0.15, -0.1) is 11.6 Å². The summed E-state index contributed by atoms with van der Waals surface area (Å²) in [5.74, 6) is 0.694. The second-order valence-electron chi connectivity index (χ2n) is 4.11. The van der Waals surface area contributed by atoms with Crippen LogP contribution in [0, 0.1) is 0 Å². The van der Waals surface area contributed by atoms with Gasteiger partial charge in [-0.1, -0.05) is 12.8 Å². The number of unbranched alkanes of at least 4 members (excludes halogenated alkanes) is 3. The molecule has 0 saturated carbocycles. The average Bonchev–Trinajstić information content (AvgIpc) is 2.77. The number of rotatable bonds is 8. The first-order valence-corrected chi connectivity index (χ1v) is 7.95. The molecule has 1 aliphatic heterocycles. The van der Waals surface area contributed by atoms with Gasteiger partial charge < -0.3 is 0 Å². The fourth-order valence-corrected chi connectivity index (χ4v) is 3.31. The highest BCUT2D eigenvalue weighted by molar-refractivity contribution is 7.87. The van der Waals surface area contributed by atoms with Crippen LogP contribution in [0.3, 0.4) is 0 Å². The van der Waals surface area contributed by atoms with E-state index in [9.17, 15) is 8.42 Å². The number of hydrogen-bond donors (Lipinski definition) is 1. The van der Waals surface area contributed by atoms with Gasteiger partial charge in [0.2, 0.25) is 0 Å². The Morgan fingerprint density at radius 1 is 1.06 bits per heavy atom. The summed E-state index contributed by atoms with van der Waals surface area (Å²) in [4.78, 5) is 0. The summed E-state index contributed by atoms with van der Waals surface area (Å²) in [7, 11) is -3.20. The fraction of sp³-hybridized carbons (Fsp3) is 1.00. The van der Waals surface area contributed by atoms with E-state index in [0.29, 0.717) is 25.5 Å². The summed E-state index contributed by atoms with van der Waals surface area (Å²) < 4.78 is 27.6. The van der Waals surface area contributed by atoms with E-state index in [0.717, 1.165) is 38.5 Å². The van der Waals surface area contributed by atoms with Gasteiger partial charge in [0.05, 0.1) is 0 Å². The highest BCUT2D eigenvalue weighted by atomic mass is 35.5. The number of hydrogen-bond acceptors (Lipinski definition) is 2. The molecule has 4 nitrogen and oxygen atoms in total. The Hall–Kier alpha value is 0.160. The standard InChI is InChI=1S/C10H21ClN2O2S/c11-7-3-1-2-4-8-12-16(14,15)13-9-5-6-10-13/h12H,1-10H2. The molecule has 1 rings (SSSR count). The van der Waals surface area contributed by atoms with Crippen molar-refractivity contribution in [2.24, 2.45) is 0 Å². The van der Waals surface area contributed by atoms with Crippen LogP contribution in [0.1, 0.15) is 38.5 Å². The summed E-state index contributed by atoms with van der Waals surface area (Å²) >= 11 is 5.55. The zero-order valence-corrected chi connectivity index (χ0v) is 11.2. The molecule has 1 N–H and O–H groups in total. The maximum Gasteiger partial charge on any atom is 0.279 e. The Labute approximate surface area is 104 Å². The molecule has 0 aromatic rings. The van der Waals surface area contributed by atoms with Crippen molar-refractivity contribution < 1.29 is 8.42 Å². The third-order valence-corrected chi connectivity index (χ3v) is 4.63. The fourth-order valence-electron chi connectivity index (χ4n) is 1.79. The molecule has 0 aliphatic carbocycles. The predicted octanol–water partition coefficient (Wildman–Crippen LogP) is 1.72. The predicted molar refractivity (Wildman–Crippen MR) is 66.9 cm³/mol. The molecule has 0 unspecified atom stereocenters. The molecule has 0 radical (unpaired) electrons. The van der Waals surface area contributed by atoms with Crippen molar-refractivity contribution in [3.8, 4) is 0 Å². The van der Waals surface area contributed by atoms with Crippen LogP contribution in [-0.4, -0.2) is 38.2 Å². The lowest BCUT2D eigenvalue weighted by Crippen LogP contribution is -2.39. The number of nitrogens with zero attached hydrogens (tertiary/aromatic N) is 1. The molecule has 16 heavy (non-hydrogen) atoms. The summed E-state index contributed by atoms with van der Waals surface area (Å²) in [6, 6.07) is 0. The van der Waals surface area contributed by atoms with Crippen molar-refractivity contribution in [1.29, 1.82) is 0 Å². The minimum absolute atomic E-state index is 0.543. The first-order chi connectivity index (χ1) is 7.67. The van der Waals surface area contributed by atoms with E-state index in [2.05, 4.69) is 4.72 Å². The first kappa shape index (κ1) is 14.2. The second-order valence-corrected chi connectivity index (χ2v) is 6.24. The van der Waals surface area contributed by atoms with E-state index >= 15 is 0 Å². The Kier molecular flexibility index (Phi) is 6.65. The summed E-state index contributed by atoms with van der Waals surface area (Å²) in [6.07, 6.45) is 5.99. The molecular formula is C10H21ClN2O2S. The molecule has 96 valence electrons. The van der Waals surface area contributed by atoms with E-state index in [4.69, 9.17) is 11.6 Å². The van der Waals surface area contributed by atoms with Crippen molar-refractivity contribution in [2.75, 3.05) is 25.5 Å². The highest BCUT2D eigenvalue weighted by Gasteiger charge is 2.24. The smallest absolute Gasteiger partial charge is 0.202 e. The molecular weight excluding hydrogens is 248 g/mol. The molecule has 6 heteroatoms. The molecule has 0 bridgehead atoms. The third-order valence-electron chi connectivity index (χ3n) is 2.75. The summed E-state index contributed by atoms with van der Waals surface area (Å²) in [5, 5.41) is 0. The van der Waals surface area contributed by atoms with E-state index in [1.54, 1.807) is 0 Å². The molecule has 1 heterocycles. The van der Waals surface area contributed by atoms with E-state index in [1.165, 1.54) is 4.31 Å². The molecule has 0 amide bonds. The van der Waals surface area contributed by atoms with Crippen molar-refractivity contribution in [2.45, 2.75) is 38.5 Å². The van der Waals surface area contributed by atoms with Gasteiger partial charge in [-0.2, -0.15) is 12.7 Å². The van der Waals surface area contributed by atoms with Crippen LogP contribution in [0.25, 0.3) is 0 Å². The lowest BCUT2D eigenvalue weighted by Gasteiger charge is -2.15. The van der Waals surface area contributed by atoms with E-state index < -0.39 is 10.2 Å². The lowest BCUT2D eigenvalue weighted by molar-refractivity contribution is 0.463. The van der Waals surface area contributed by atoms with Crippen LogP contribution in [0.2, 0.25) is 0 Å². The monoisotopic (exact) mass is 268 g/mol. The van der Waals surface area contributed by atoms with Crippen LogP contribution in [0.4, 0.5) is 0 Å². The maximum atomic E-state index is 11.7.